The molecular formula is C28H26Cl2N8O2. The van der Waals surface area contributed by atoms with Crippen molar-refractivity contribution in [2.24, 2.45) is 0 Å². The van der Waals surface area contributed by atoms with Gasteiger partial charge in [0.1, 0.15) is 16.6 Å². The number of fused-ring (bicyclic) bond motifs is 6. The Kier molecular flexibility index (Phi) is 7.52. The molecule has 1 fully saturated rings. The molecule has 0 aliphatic carbocycles. The monoisotopic (exact) mass is 576 g/mol. The van der Waals surface area contributed by atoms with Crippen LogP contribution in [0.2, 0.25) is 10.0 Å². The molecule has 6 bridgehead atoms. The molecule has 0 saturated carbocycles. The number of ether oxygens (including phenoxy) is 1. The van der Waals surface area contributed by atoms with Gasteiger partial charge in [-0.15, -0.1) is 0 Å². The molecule has 12 heteroatoms. The molecule has 4 aromatic rings. The van der Waals surface area contributed by atoms with Crippen LogP contribution in [0.3, 0.4) is 0 Å². The van der Waals surface area contributed by atoms with Crippen LogP contribution in [0.25, 0.3) is 0 Å². The molecule has 5 heterocycles. The minimum atomic E-state index is -0.0546. The number of amides is 1. The summed E-state index contributed by atoms with van der Waals surface area (Å²) in [6, 6.07) is 11.4. The first-order valence-electron chi connectivity index (χ1n) is 12.9. The number of halogens is 2. The molecule has 0 spiro atoms. The van der Waals surface area contributed by atoms with Crippen LogP contribution in [-0.4, -0.2) is 63.5 Å². The Morgan fingerprint density at radius 3 is 2.65 bits per heavy atom. The maximum absolute atomic E-state index is 13.0. The molecule has 0 atom stereocenters. The van der Waals surface area contributed by atoms with E-state index in [1.807, 2.05) is 41.4 Å². The van der Waals surface area contributed by atoms with Gasteiger partial charge < -0.3 is 25.2 Å². The van der Waals surface area contributed by atoms with Crippen LogP contribution in [0.1, 0.15) is 11.1 Å². The van der Waals surface area contributed by atoms with Gasteiger partial charge in [-0.3, -0.25) is 9.78 Å². The highest BCUT2D eigenvalue weighted by atomic mass is 35.5. The second kappa shape index (κ2) is 11.5. The fraction of sp³-hybridized carbons (Fsp3) is 0.250. The van der Waals surface area contributed by atoms with Gasteiger partial charge in [-0.05, 0) is 60.4 Å². The number of nitrogens with zero attached hydrogens (tertiary/aromatic N) is 6. The molecule has 1 amide bonds. The predicted molar refractivity (Wildman–Crippen MR) is 155 cm³/mol. The van der Waals surface area contributed by atoms with Gasteiger partial charge in [-0.25, -0.2) is 9.97 Å². The number of hydrogen-bond donors (Lipinski definition) is 2. The van der Waals surface area contributed by atoms with Crippen molar-refractivity contribution < 1.29 is 9.53 Å². The summed E-state index contributed by atoms with van der Waals surface area (Å²) in [5, 5.41) is 7.50. The van der Waals surface area contributed by atoms with Crippen molar-refractivity contribution in [2.75, 3.05) is 48.3 Å². The number of anilines is 5. The molecule has 40 heavy (non-hydrogen) atoms. The third kappa shape index (κ3) is 6.03. The number of carbonyl (C=O) groups is 1. The Morgan fingerprint density at radius 2 is 1.80 bits per heavy atom. The zero-order valence-corrected chi connectivity index (χ0v) is 23.0. The molecule has 6 rings (SSSR count). The van der Waals surface area contributed by atoms with Crippen LogP contribution in [-0.2, 0) is 17.6 Å². The number of aromatic nitrogens is 4. The summed E-state index contributed by atoms with van der Waals surface area (Å²) in [7, 11) is 0. The molecule has 3 aromatic heterocycles. The maximum Gasteiger partial charge on any atom is 0.260 e. The van der Waals surface area contributed by atoms with Crippen LogP contribution in [0.15, 0.2) is 61.2 Å². The molecule has 0 unspecified atom stereocenters. The van der Waals surface area contributed by atoms with E-state index in [0.717, 1.165) is 34.7 Å². The molecule has 2 aliphatic heterocycles. The van der Waals surface area contributed by atoms with E-state index in [9.17, 15) is 4.79 Å². The third-order valence-electron chi connectivity index (χ3n) is 6.82. The van der Waals surface area contributed by atoms with Gasteiger partial charge in [0, 0.05) is 49.3 Å². The van der Waals surface area contributed by atoms with Crippen molar-refractivity contribution in [2.45, 2.75) is 12.8 Å². The molecule has 2 N–H and O–H groups in total. The topological polar surface area (TPSA) is 108 Å². The maximum atomic E-state index is 13.0. The van der Waals surface area contributed by atoms with E-state index >= 15 is 0 Å². The quantitative estimate of drug-likeness (QED) is 0.351. The largest absolute Gasteiger partial charge is 0.483 e. The van der Waals surface area contributed by atoms with Gasteiger partial charge in [0.05, 0.1) is 18.1 Å². The highest BCUT2D eigenvalue weighted by molar-refractivity contribution is 6.33. The van der Waals surface area contributed by atoms with E-state index < -0.39 is 0 Å². The van der Waals surface area contributed by atoms with Gasteiger partial charge in [0.15, 0.2) is 12.4 Å². The molecular weight excluding hydrogens is 551 g/mol. The first-order valence-corrected chi connectivity index (χ1v) is 13.7. The summed E-state index contributed by atoms with van der Waals surface area (Å²) in [6.45, 7) is 2.49. The van der Waals surface area contributed by atoms with E-state index in [-0.39, 0.29) is 12.5 Å². The highest BCUT2D eigenvalue weighted by Gasteiger charge is 2.23. The van der Waals surface area contributed by atoms with Crippen molar-refractivity contribution in [1.82, 2.24) is 24.8 Å². The lowest BCUT2D eigenvalue weighted by Crippen LogP contribution is -2.50. The predicted octanol–water partition coefficient (Wildman–Crippen LogP) is 4.89. The second-order valence-corrected chi connectivity index (χ2v) is 10.4. The van der Waals surface area contributed by atoms with Gasteiger partial charge in [0.25, 0.3) is 5.91 Å². The minimum Gasteiger partial charge on any atom is -0.483 e. The number of hydrogen-bond acceptors (Lipinski definition) is 9. The van der Waals surface area contributed by atoms with Crippen LogP contribution in [0.5, 0.6) is 5.75 Å². The lowest BCUT2D eigenvalue weighted by atomic mass is 10.0. The Morgan fingerprint density at radius 1 is 0.925 bits per heavy atom. The van der Waals surface area contributed by atoms with Gasteiger partial charge in [0.2, 0.25) is 5.95 Å². The van der Waals surface area contributed by atoms with Crippen molar-refractivity contribution >= 4 is 58.1 Å². The average Bonchev–Trinajstić information content (AvgIpc) is 2.97. The first kappa shape index (κ1) is 26.1. The fourth-order valence-corrected chi connectivity index (χ4v) is 5.02. The summed E-state index contributed by atoms with van der Waals surface area (Å²) in [6.07, 6.45) is 8.22. The molecule has 0 radical (unpaired) electrons. The summed E-state index contributed by atoms with van der Waals surface area (Å²) in [5.41, 5.74) is 3.59. The van der Waals surface area contributed by atoms with Crippen LogP contribution >= 0.6 is 23.2 Å². The summed E-state index contributed by atoms with van der Waals surface area (Å²) in [4.78, 5) is 34.5. The normalized spacial score (nSPS) is 14.7. The Bertz CT molecular complexity index is 1540. The Hall–Kier alpha value is -4.15. The SMILES string of the molecule is O=C(COc1ccc2cc1CCc1cncc(c1)Nc1ncc(Cl)c(n1)N2)N1CCN(c2cc(Cl)ccn2)CC1. The van der Waals surface area contributed by atoms with Crippen molar-refractivity contribution in [3.05, 3.63) is 82.4 Å². The lowest BCUT2D eigenvalue weighted by Gasteiger charge is -2.35. The third-order valence-corrected chi connectivity index (χ3v) is 7.33. The van der Waals surface area contributed by atoms with Crippen molar-refractivity contribution in [1.29, 1.82) is 0 Å². The van der Waals surface area contributed by atoms with Crippen molar-refractivity contribution in [3.63, 3.8) is 0 Å². The number of pyridine rings is 2. The lowest BCUT2D eigenvalue weighted by molar-refractivity contribution is -0.133. The fourth-order valence-electron chi connectivity index (χ4n) is 4.73. The molecule has 10 nitrogen and oxygen atoms in total. The zero-order chi connectivity index (χ0) is 27.5. The van der Waals surface area contributed by atoms with Gasteiger partial charge in [-0.1, -0.05) is 23.2 Å². The molecule has 2 aliphatic rings. The summed E-state index contributed by atoms with van der Waals surface area (Å²) >= 11 is 12.5. The number of carbonyl (C=O) groups excluding carboxylic acids is 1. The van der Waals surface area contributed by atoms with Crippen molar-refractivity contribution in [3.8, 4) is 5.75 Å². The number of rotatable bonds is 4. The summed E-state index contributed by atoms with van der Waals surface area (Å²) < 4.78 is 6.09. The van der Waals surface area contributed by atoms with E-state index in [1.165, 1.54) is 0 Å². The number of aryl methyl sites for hydroxylation is 2. The average molecular weight is 577 g/mol. The van der Waals surface area contributed by atoms with E-state index in [2.05, 4.69) is 35.5 Å². The van der Waals surface area contributed by atoms with E-state index in [0.29, 0.717) is 60.2 Å². The minimum absolute atomic E-state index is 0.0444. The molecule has 1 saturated heterocycles. The highest BCUT2D eigenvalue weighted by Crippen LogP contribution is 2.30. The summed E-state index contributed by atoms with van der Waals surface area (Å²) in [5.74, 6) is 2.31. The number of piperazine rings is 1. The van der Waals surface area contributed by atoms with Crippen LogP contribution in [0, 0.1) is 0 Å². The number of benzene rings is 1. The second-order valence-electron chi connectivity index (χ2n) is 9.53. The molecule has 204 valence electrons. The van der Waals surface area contributed by atoms with E-state index in [1.54, 1.807) is 24.7 Å². The van der Waals surface area contributed by atoms with Crippen LogP contribution < -0.4 is 20.3 Å². The van der Waals surface area contributed by atoms with Gasteiger partial charge in [-0.2, -0.15) is 4.98 Å². The van der Waals surface area contributed by atoms with Gasteiger partial charge >= 0.3 is 0 Å². The zero-order valence-electron chi connectivity index (χ0n) is 21.5. The Labute approximate surface area is 241 Å². The van der Waals surface area contributed by atoms with E-state index in [4.69, 9.17) is 27.9 Å². The first-order chi connectivity index (χ1) is 19.5. The molecule has 1 aromatic carbocycles. The van der Waals surface area contributed by atoms with Crippen LogP contribution in [0.4, 0.5) is 29.0 Å². The standard InChI is InChI=1S/C28H26Cl2N8O2/c29-20-5-6-32-25(13-20)37-7-9-38(10-8-37)26(39)17-40-24-4-3-21-12-19(24)2-1-18-11-22(15-31-14-18)35-28-33-16-23(30)27(34-21)36-28/h3-6,11-16H,1-2,7-10,17H2,(H2,33,34,35,36). The number of nitrogens with one attached hydrogen (secondary N) is 2. The Balaban J connectivity index is 1.16. The smallest absolute Gasteiger partial charge is 0.260 e.